The SMILES string of the molecule is COc1ccc(Cl)cc1C(NN)c1c(F)cccc1F. The molecule has 0 fully saturated rings. The largest absolute Gasteiger partial charge is 0.496 e. The highest BCUT2D eigenvalue weighted by molar-refractivity contribution is 6.30. The zero-order chi connectivity index (χ0) is 14.7. The average molecular weight is 299 g/mol. The molecule has 0 radical (unpaired) electrons. The monoisotopic (exact) mass is 298 g/mol. The normalized spacial score (nSPS) is 12.2. The lowest BCUT2D eigenvalue weighted by atomic mass is 9.97. The molecule has 1 unspecified atom stereocenters. The van der Waals surface area contributed by atoms with Crippen molar-refractivity contribution in [3.8, 4) is 5.75 Å². The second kappa shape index (κ2) is 6.17. The minimum atomic E-state index is -0.912. The van der Waals surface area contributed by atoms with Crippen molar-refractivity contribution in [1.82, 2.24) is 5.43 Å². The molecule has 3 N–H and O–H groups in total. The van der Waals surface area contributed by atoms with Gasteiger partial charge in [0.15, 0.2) is 0 Å². The molecule has 106 valence electrons. The number of hydrogen-bond donors (Lipinski definition) is 2. The molecule has 2 aromatic rings. The summed E-state index contributed by atoms with van der Waals surface area (Å²) in [5.74, 6) is 4.50. The summed E-state index contributed by atoms with van der Waals surface area (Å²) in [6.45, 7) is 0. The van der Waals surface area contributed by atoms with Crippen LogP contribution in [-0.2, 0) is 0 Å². The van der Waals surface area contributed by atoms with Gasteiger partial charge in [-0.15, -0.1) is 0 Å². The van der Waals surface area contributed by atoms with Gasteiger partial charge in [0.25, 0.3) is 0 Å². The van der Waals surface area contributed by atoms with Crippen LogP contribution in [0.15, 0.2) is 36.4 Å². The number of benzene rings is 2. The van der Waals surface area contributed by atoms with Gasteiger partial charge in [-0.1, -0.05) is 17.7 Å². The van der Waals surface area contributed by atoms with Crippen molar-refractivity contribution in [2.24, 2.45) is 5.84 Å². The molecule has 2 rings (SSSR count). The maximum Gasteiger partial charge on any atom is 0.131 e. The van der Waals surface area contributed by atoms with Gasteiger partial charge in [-0.25, -0.2) is 14.2 Å². The highest BCUT2D eigenvalue weighted by Gasteiger charge is 2.23. The highest BCUT2D eigenvalue weighted by atomic mass is 35.5. The summed E-state index contributed by atoms with van der Waals surface area (Å²) in [6.07, 6.45) is 0. The zero-order valence-corrected chi connectivity index (χ0v) is 11.4. The van der Waals surface area contributed by atoms with Crippen LogP contribution in [-0.4, -0.2) is 7.11 Å². The van der Waals surface area contributed by atoms with Gasteiger partial charge in [0, 0.05) is 16.1 Å². The minimum Gasteiger partial charge on any atom is -0.496 e. The molecule has 0 aliphatic rings. The molecule has 0 aromatic heterocycles. The van der Waals surface area contributed by atoms with Crippen LogP contribution < -0.4 is 16.0 Å². The van der Waals surface area contributed by atoms with E-state index in [0.717, 1.165) is 0 Å². The third-order valence-corrected chi connectivity index (χ3v) is 3.19. The molecule has 0 amide bonds. The number of hydrazine groups is 1. The number of nitrogens with one attached hydrogen (secondary N) is 1. The van der Waals surface area contributed by atoms with Crippen LogP contribution in [0.3, 0.4) is 0 Å². The van der Waals surface area contributed by atoms with Crippen molar-refractivity contribution < 1.29 is 13.5 Å². The van der Waals surface area contributed by atoms with Crippen molar-refractivity contribution in [3.63, 3.8) is 0 Å². The second-order valence-electron chi connectivity index (χ2n) is 4.12. The summed E-state index contributed by atoms with van der Waals surface area (Å²) in [5.41, 5.74) is 2.67. The molecule has 0 saturated heterocycles. The highest BCUT2D eigenvalue weighted by Crippen LogP contribution is 2.34. The first-order valence-electron chi connectivity index (χ1n) is 5.82. The Morgan fingerprint density at radius 3 is 2.40 bits per heavy atom. The van der Waals surface area contributed by atoms with E-state index in [2.05, 4.69) is 5.43 Å². The third kappa shape index (κ3) is 2.75. The minimum absolute atomic E-state index is 0.185. The zero-order valence-electron chi connectivity index (χ0n) is 10.7. The molecular formula is C14H13ClF2N2O. The molecule has 0 aliphatic heterocycles. The van der Waals surface area contributed by atoms with Crippen LogP contribution in [0.2, 0.25) is 5.02 Å². The lowest BCUT2D eigenvalue weighted by Crippen LogP contribution is -2.30. The van der Waals surface area contributed by atoms with Gasteiger partial charge in [0.05, 0.1) is 13.2 Å². The van der Waals surface area contributed by atoms with E-state index in [0.29, 0.717) is 16.3 Å². The number of ether oxygens (including phenoxy) is 1. The Morgan fingerprint density at radius 1 is 1.20 bits per heavy atom. The topological polar surface area (TPSA) is 47.3 Å². The van der Waals surface area contributed by atoms with Gasteiger partial charge in [0.2, 0.25) is 0 Å². The summed E-state index contributed by atoms with van der Waals surface area (Å²) in [5, 5.41) is 0.415. The summed E-state index contributed by atoms with van der Waals surface area (Å²) >= 11 is 5.93. The molecule has 20 heavy (non-hydrogen) atoms. The van der Waals surface area contributed by atoms with E-state index in [1.165, 1.54) is 25.3 Å². The Labute approximate surface area is 120 Å². The Kier molecular flexibility index (Phi) is 4.54. The van der Waals surface area contributed by atoms with E-state index in [1.807, 2.05) is 0 Å². The average Bonchev–Trinajstić information content (AvgIpc) is 2.43. The van der Waals surface area contributed by atoms with E-state index in [9.17, 15) is 8.78 Å². The number of rotatable bonds is 4. The van der Waals surface area contributed by atoms with Gasteiger partial charge in [-0.05, 0) is 30.3 Å². The van der Waals surface area contributed by atoms with Gasteiger partial charge >= 0.3 is 0 Å². The Bertz CT molecular complexity index is 602. The fourth-order valence-electron chi connectivity index (χ4n) is 2.05. The maximum atomic E-state index is 13.9. The fourth-order valence-corrected chi connectivity index (χ4v) is 2.23. The molecule has 0 saturated carbocycles. The molecule has 0 bridgehead atoms. The van der Waals surface area contributed by atoms with Gasteiger partial charge in [0.1, 0.15) is 17.4 Å². The number of hydrogen-bond acceptors (Lipinski definition) is 3. The molecular weight excluding hydrogens is 286 g/mol. The lowest BCUT2D eigenvalue weighted by molar-refractivity contribution is 0.401. The van der Waals surface area contributed by atoms with Gasteiger partial charge in [-0.3, -0.25) is 5.84 Å². The molecule has 0 heterocycles. The van der Waals surface area contributed by atoms with E-state index in [1.54, 1.807) is 18.2 Å². The van der Waals surface area contributed by atoms with Gasteiger partial charge in [-0.2, -0.15) is 0 Å². The first kappa shape index (κ1) is 14.7. The van der Waals surface area contributed by atoms with Crippen LogP contribution >= 0.6 is 11.6 Å². The molecule has 3 nitrogen and oxygen atoms in total. The summed E-state index contributed by atoms with van der Waals surface area (Å²) in [7, 11) is 1.46. The predicted molar refractivity (Wildman–Crippen MR) is 73.5 cm³/mol. The fraction of sp³-hybridized carbons (Fsp3) is 0.143. The first-order chi connectivity index (χ1) is 9.58. The van der Waals surface area contributed by atoms with E-state index >= 15 is 0 Å². The van der Waals surface area contributed by atoms with Crippen molar-refractivity contribution in [2.75, 3.05) is 7.11 Å². The Hall–Kier alpha value is -1.69. The third-order valence-electron chi connectivity index (χ3n) is 2.96. The van der Waals surface area contributed by atoms with Crippen LogP contribution in [0.4, 0.5) is 8.78 Å². The van der Waals surface area contributed by atoms with E-state index < -0.39 is 17.7 Å². The second-order valence-corrected chi connectivity index (χ2v) is 4.56. The maximum absolute atomic E-state index is 13.9. The van der Waals surface area contributed by atoms with Crippen LogP contribution in [0, 0.1) is 11.6 Å². The lowest BCUT2D eigenvalue weighted by Gasteiger charge is -2.20. The van der Waals surface area contributed by atoms with Crippen LogP contribution in [0.25, 0.3) is 0 Å². The summed E-state index contributed by atoms with van der Waals surface area (Å²) in [6, 6.07) is 7.49. The molecule has 1 atom stereocenters. The molecule has 2 aromatic carbocycles. The summed E-state index contributed by atoms with van der Waals surface area (Å²) in [4.78, 5) is 0. The Balaban J connectivity index is 2.61. The number of nitrogens with two attached hydrogens (primary N) is 1. The smallest absolute Gasteiger partial charge is 0.131 e. The number of halogens is 3. The Morgan fingerprint density at radius 2 is 1.85 bits per heavy atom. The van der Waals surface area contributed by atoms with Crippen molar-refractivity contribution in [3.05, 3.63) is 64.2 Å². The standard InChI is InChI=1S/C14H13ClF2N2O/c1-20-12-6-5-8(15)7-9(12)14(19-18)13-10(16)3-2-4-11(13)17/h2-7,14,19H,18H2,1H3. The van der Waals surface area contributed by atoms with Crippen molar-refractivity contribution in [2.45, 2.75) is 6.04 Å². The molecule has 0 spiro atoms. The predicted octanol–water partition coefficient (Wildman–Crippen LogP) is 3.18. The van der Waals surface area contributed by atoms with E-state index in [-0.39, 0.29) is 5.56 Å². The summed E-state index contributed by atoms with van der Waals surface area (Å²) < 4.78 is 33.0. The number of methoxy groups -OCH3 is 1. The molecule has 6 heteroatoms. The van der Waals surface area contributed by atoms with Crippen molar-refractivity contribution >= 4 is 11.6 Å². The quantitative estimate of drug-likeness (QED) is 0.673. The van der Waals surface area contributed by atoms with Gasteiger partial charge < -0.3 is 4.74 Å². The van der Waals surface area contributed by atoms with Crippen LogP contribution in [0.1, 0.15) is 17.2 Å². The van der Waals surface area contributed by atoms with E-state index in [4.69, 9.17) is 22.2 Å². The van der Waals surface area contributed by atoms with Crippen molar-refractivity contribution in [1.29, 1.82) is 0 Å². The molecule has 0 aliphatic carbocycles. The van der Waals surface area contributed by atoms with Crippen LogP contribution in [0.5, 0.6) is 5.75 Å². The first-order valence-corrected chi connectivity index (χ1v) is 6.19.